The minimum absolute atomic E-state index is 0.253. The zero-order valence-corrected chi connectivity index (χ0v) is 12.3. The van der Waals surface area contributed by atoms with Gasteiger partial charge in [-0.25, -0.2) is 0 Å². The van der Waals surface area contributed by atoms with Crippen molar-refractivity contribution in [2.45, 2.75) is 39.4 Å². The Hall–Kier alpha value is -1.25. The van der Waals surface area contributed by atoms with Crippen LogP contribution in [0.3, 0.4) is 0 Å². The summed E-state index contributed by atoms with van der Waals surface area (Å²) in [6.45, 7) is 6.28. The molecule has 0 aliphatic heterocycles. The van der Waals surface area contributed by atoms with E-state index in [1.807, 2.05) is 18.2 Å². The van der Waals surface area contributed by atoms with Crippen molar-refractivity contribution in [3.63, 3.8) is 0 Å². The van der Waals surface area contributed by atoms with Gasteiger partial charge < -0.3 is 9.88 Å². The fourth-order valence-corrected chi connectivity index (χ4v) is 2.50. The summed E-state index contributed by atoms with van der Waals surface area (Å²) < 4.78 is 2.23. The van der Waals surface area contributed by atoms with Gasteiger partial charge >= 0.3 is 0 Å². The van der Waals surface area contributed by atoms with Crippen molar-refractivity contribution < 1.29 is 0 Å². The topological polar surface area (TPSA) is 17.0 Å². The maximum absolute atomic E-state index is 6.20. The average molecular weight is 277 g/mol. The average Bonchev–Trinajstić information content (AvgIpc) is 2.85. The second kappa shape index (κ2) is 6.78. The van der Waals surface area contributed by atoms with Crippen LogP contribution in [0.25, 0.3) is 0 Å². The highest BCUT2D eigenvalue weighted by Gasteiger charge is 2.08. The van der Waals surface area contributed by atoms with Crippen molar-refractivity contribution in [2.75, 3.05) is 0 Å². The van der Waals surface area contributed by atoms with E-state index in [4.69, 9.17) is 11.6 Å². The maximum Gasteiger partial charge on any atom is 0.0453 e. The van der Waals surface area contributed by atoms with Crippen LogP contribution in [0.2, 0.25) is 5.02 Å². The molecule has 1 aromatic carbocycles. The van der Waals surface area contributed by atoms with Gasteiger partial charge in [-0.1, -0.05) is 36.7 Å². The highest BCUT2D eigenvalue weighted by Crippen LogP contribution is 2.22. The molecule has 102 valence electrons. The fourth-order valence-electron chi connectivity index (χ4n) is 2.20. The highest BCUT2D eigenvalue weighted by molar-refractivity contribution is 6.31. The van der Waals surface area contributed by atoms with Crippen molar-refractivity contribution in [3.8, 4) is 0 Å². The predicted octanol–water partition coefficient (Wildman–Crippen LogP) is 4.40. The summed E-state index contributed by atoms with van der Waals surface area (Å²) in [7, 11) is 0. The molecule has 0 spiro atoms. The van der Waals surface area contributed by atoms with Crippen molar-refractivity contribution in [2.24, 2.45) is 0 Å². The largest absolute Gasteiger partial charge is 0.354 e. The van der Waals surface area contributed by atoms with Crippen molar-refractivity contribution >= 4 is 11.6 Å². The first-order chi connectivity index (χ1) is 9.20. The van der Waals surface area contributed by atoms with Gasteiger partial charge in [0.2, 0.25) is 0 Å². The molecule has 0 bridgehead atoms. The van der Waals surface area contributed by atoms with Crippen molar-refractivity contribution in [1.29, 1.82) is 0 Å². The summed E-state index contributed by atoms with van der Waals surface area (Å²) in [5, 5.41) is 4.34. The first-order valence-electron chi connectivity index (χ1n) is 6.83. The number of hydrogen-bond acceptors (Lipinski definition) is 1. The van der Waals surface area contributed by atoms with Crippen LogP contribution in [-0.4, -0.2) is 4.57 Å². The van der Waals surface area contributed by atoms with E-state index in [0.29, 0.717) is 0 Å². The Morgan fingerprint density at radius 2 is 2.05 bits per heavy atom. The summed E-state index contributed by atoms with van der Waals surface area (Å²) in [6, 6.07) is 10.4. The quantitative estimate of drug-likeness (QED) is 0.827. The van der Waals surface area contributed by atoms with Gasteiger partial charge in [0, 0.05) is 36.5 Å². The Labute approximate surface area is 120 Å². The maximum atomic E-state index is 6.20. The third kappa shape index (κ3) is 3.85. The number of aryl methyl sites for hydroxylation is 1. The number of benzene rings is 1. The number of hydrogen-bond donors (Lipinski definition) is 1. The first kappa shape index (κ1) is 14.2. The van der Waals surface area contributed by atoms with Gasteiger partial charge in [-0.3, -0.25) is 0 Å². The van der Waals surface area contributed by atoms with Gasteiger partial charge in [0.05, 0.1) is 0 Å². The Morgan fingerprint density at radius 3 is 2.79 bits per heavy atom. The summed E-state index contributed by atoms with van der Waals surface area (Å²) in [5.74, 6) is 0. The molecule has 19 heavy (non-hydrogen) atoms. The third-order valence-corrected chi connectivity index (χ3v) is 3.62. The van der Waals surface area contributed by atoms with Crippen LogP contribution >= 0.6 is 11.6 Å². The molecule has 0 aliphatic carbocycles. The van der Waals surface area contributed by atoms with Crippen LogP contribution in [0.4, 0.5) is 0 Å². The molecule has 0 radical (unpaired) electrons. The number of nitrogens with one attached hydrogen (secondary N) is 1. The SMILES string of the molecule is CCCn1ccc(CN[C@@H](C)c2ccccc2Cl)c1. The molecule has 0 aliphatic rings. The molecule has 3 heteroatoms. The third-order valence-electron chi connectivity index (χ3n) is 3.28. The Bertz CT molecular complexity index is 519. The van der Waals surface area contributed by atoms with E-state index >= 15 is 0 Å². The minimum atomic E-state index is 0.253. The van der Waals surface area contributed by atoms with E-state index < -0.39 is 0 Å². The molecule has 2 nitrogen and oxygen atoms in total. The van der Waals surface area contributed by atoms with Gasteiger partial charge in [0.1, 0.15) is 0 Å². The van der Waals surface area contributed by atoms with Crippen LogP contribution in [0.15, 0.2) is 42.7 Å². The molecule has 1 heterocycles. The summed E-state index contributed by atoms with van der Waals surface area (Å²) in [5.41, 5.74) is 2.46. The van der Waals surface area contributed by atoms with Crippen LogP contribution < -0.4 is 5.32 Å². The first-order valence-corrected chi connectivity index (χ1v) is 7.21. The molecule has 0 unspecified atom stereocenters. The number of nitrogens with zero attached hydrogens (tertiary/aromatic N) is 1. The predicted molar refractivity (Wildman–Crippen MR) is 81.4 cm³/mol. The smallest absolute Gasteiger partial charge is 0.0453 e. The lowest BCUT2D eigenvalue weighted by atomic mass is 10.1. The van der Waals surface area contributed by atoms with Crippen molar-refractivity contribution in [3.05, 3.63) is 58.9 Å². The molecule has 0 amide bonds. The summed E-state index contributed by atoms with van der Waals surface area (Å²) in [4.78, 5) is 0. The molecule has 0 saturated heterocycles. The van der Waals surface area contributed by atoms with Gasteiger partial charge in [0.15, 0.2) is 0 Å². The monoisotopic (exact) mass is 276 g/mol. The van der Waals surface area contributed by atoms with Crippen LogP contribution in [-0.2, 0) is 13.1 Å². The molecule has 0 fully saturated rings. The minimum Gasteiger partial charge on any atom is -0.354 e. The highest BCUT2D eigenvalue weighted by atomic mass is 35.5. The van der Waals surface area contributed by atoms with Crippen LogP contribution in [0, 0.1) is 0 Å². The Balaban J connectivity index is 1.92. The second-order valence-electron chi connectivity index (χ2n) is 4.88. The van der Waals surface area contributed by atoms with Crippen molar-refractivity contribution in [1.82, 2.24) is 9.88 Å². The number of halogens is 1. The molecule has 1 aromatic heterocycles. The van der Waals surface area contributed by atoms with Gasteiger partial charge in [-0.05, 0) is 36.6 Å². The summed E-state index contributed by atoms with van der Waals surface area (Å²) >= 11 is 6.20. The molecule has 1 N–H and O–H groups in total. The molecule has 1 atom stereocenters. The van der Waals surface area contributed by atoms with Gasteiger partial charge in [-0.2, -0.15) is 0 Å². The van der Waals surface area contributed by atoms with E-state index in [-0.39, 0.29) is 6.04 Å². The van der Waals surface area contributed by atoms with E-state index in [1.54, 1.807) is 0 Å². The van der Waals surface area contributed by atoms with E-state index in [9.17, 15) is 0 Å². The lowest BCUT2D eigenvalue weighted by Crippen LogP contribution is -2.18. The number of rotatable bonds is 6. The zero-order chi connectivity index (χ0) is 13.7. The van der Waals surface area contributed by atoms with Crippen LogP contribution in [0.1, 0.15) is 37.4 Å². The fraction of sp³-hybridized carbons (Fsp3) is 0.375. The zero-order valence-electron chi connectivity index (χ0n) is 11.6. The standard InChI is InChI=1S/C16H21ClN2/c1-3-9-19-10-8-14(12-19)11-18-13(2)15-6-4-5-7-16(15)17/h4-8,10,12-13,18H,3,9,11H2,1-2H3/t13-/m0/s1. The molecule has 2 aromatic rings. The van der Waals surface area contributed by atoms with E-state index in [2.05, 4.69) is 48.3 Å². The van der Waals surface area contributed by atoms with E-state index in [1.165, 1.54) is 5.56 Å². The summed E-state index contributed by atoms with van der Waals surface area (Å²) in [6.07, 6.45) is 5.51. The molecule has 0 saturated carbocycles. The van der Waals surface area contributed by atoms with Gasteiger partial charge in [-0.15, -0.1) is 0 Å². The van der Waals surface area contributed by atoms with Gasteiger partial charge in [0.25, 0.3) is 0 Å². The normalized spacial score (nSPS) is 12.6. The Kier molecular flexibility index (Phi) is 5.06. The van der Waals surface area contributed by atoms with E-state index in [0.717, 1.165) is 30.1 Å². The lowest BCUT2D eigenvalue weighted by molar-refractivity contribution is 0.573. The molecular weight excluding hydrogens is 256 g/mol. The molecule has 2 rings (SSSR count). The molecular formula is C16H21ClN2. The number of aromatic nitrogens is 1. The Morgan fingerprint density at radius 1 is 1.26 bits per heavy atom. The van der Waals surface area contributed by atoms with Crippen LogP contribution in [0.5, 0.6) is 0 Å². The second-order valence-corrected chi connectivity index (χ2v) is 5.29. The lowest BCUT2D eigenvalue weighted by Gasteiger charge is -2.15.